The number of benzene rings is 1. The molecule has 0 fully saturated rings. The van der Waals surface area contributed by atoms with Crippen molar-refractivity contribution in [1.29, 1.82) is 0 Å². The van der Waals surface area contributed by atoms with Crippen molar-refractivity contribution in [3.63, 3.8) is 0 Å². The number of halogens is 2. The quantitative estimate of drug-likeness (QED) is 0.875. The predicted molar refractivity (Wildman–Crippen MR) is 82.9 cm³/mol. The molecule has 0 atom stereocenters. The summed E-state index contributed by atoms with van der Waals surface area (Å²) in [5, 5.41) is 6.73. The highest BCUT2D eigenvalue weighted by atomic mass is 35.5. The molecule has 0 saturated heterocycles. The normalized spacial score (nSPS) is 10.2. The molecule has 2 rings (SSSR count). The van der Waals surface area contributed by atoms with Gasteiger partial charge in [-0.25, -0.2) is 4.98 Å². The van der Waals surface area contributed by atoms with Gasteiger partial charge in [0, 0.05) is 6.42 Å². The van der Waals surface area contributed by atoms with Gasteiger partial charge in [0.25, 0.3) is 0 Å². The SMILES string of the molecule is CCC(=O)Nc1ccc(Nc2cccc(Cl)c2Cl)cn1. The van der Waals surface area contributed by atoms with E-state index < -0.39 is 0 Å². The van der Waals surface area contributed by atoms with Crippen LogP contribution in [0.4, 0.5) is 17.2 Å². The third kappa shape index (κ3) is 3.62. The minimum absolute atomic E-state index is 0.0731. The maximum Gasteiger partial charge on any atom is 0.225 e. The molecule has 0 spiro atoms. The van der Waals surface area contributed by atoms with E-state index in [1.165, 1.54) is 0 Å². The van der Waals surface area contributed by atoms with E-state index in [-0.39, 0.29) is 5.91 Å². The zero-order valence-electron chi connectivity index (χ0n) is 10.8. The molecular formula is C14H13Cl2N3O. The van der Waals surface area contributed by atoms with Crippen molar-refractivity contribution >= 4 is 46.3 Å². The lowest BCUT2D eigenvalue weighted by Gasteiger charge is -2.09. The zero-order valence-corrected chi connectivity index (χ0v) is 12.3. The number of aromatic nitrogens is 1. The minimum Gasteiger partial charge on any atom is -0.353 e. The number of carbonyl (C=O) groups excluding carboxylic acids is 1. The second-order valence-corrected chi connectivity index (χ2v) is 4.85. The van der Waals surface area contributed by atoms with Gasteiger partial charge in [0.1, 0.15) is 5.82 Å². The number of pyridine rings is 1. The Morgan fingerprint density at radius 1 is 1.25 bits per heavy atom. The molecule has 2 aromatic rings. The van der Waals surface area contributed by atoms with E-state index in [0.717, 1.165) is 5.69 Å². The number of hydrogen-bond donors (Lipinski definition) is 2. The van der Waals surface area contributed by atoms with E-state index in [1.54, 1.807) is 37.4 Å². The van der Waals surface area contributed by atoms with Gasteiger partial charge in [-0.15, -0.1) is 0 Å². The first-order chi connectivity index (χ1) is 9.60. The fourth-order valence-corrected chi connectivity index (χ4v) is 1.88. The summed E-state index contributed by atoms with van der Waals surface area (Å²) in [6, 6.07) is 8.86. The third-order valence-corrected chi connectivity index (χ3v) is 3.40. The number of amides is 1. The van der Waals surface area contributed by atoms with Gasteiger partial charge in [-0.05, 0) is 24.3 Å². The van der Waals surface area contributed by atoms with E-state index in [0.29, 0.717) is 28.0 Å². The summed E-state index contributed by atoms with van der Waals surface area (Å²) >= 11 is 12.0. The van der Waals surface area contributed by atoms with Crippen LogP contribution < -0.4 is 10.6 Å². The first-order valence-corrected chi connectivity index (χ1v) is 6.82. The Morgan fingerprint density at radius 3 is 2.70 bits per heavy atom. The fraction of sp³-hybridized carbons (Fsp3) is 0.143. The summed E-state index contributed by atoms with van der Waals surface area (Å²) in [5.74, 6) is 0.440. The highest BCUT2D eigenvalue weighted by Gasteiger charge is 2.05. The van der Waals surface area contributed by atoms with Gasteiger partial charge < -0.3 is 10.6 Å². The van der Waals surface area contributed by atoms with Gasteiger partial charge in [0.05, 0.1) is 27.6 Å². The van der Waals surface area contributed by atoms with Crippen molar-refractivity contribution in [3.05, 3.63) is 46.6 Å². The maximum absolute atomic E-state index is 11.2. The van der Waals surface area contributed by atoms with Crippen molar-refractivity contribution in [3.8, 4) is 0 Å². The maximum atomic E-state index is 11.2. The molecule has 0 unspecified atom stereocenters. The van der Waals surface area contributed by atoms with E-state index in [4.69, 9.17) is 23.2 Å². The van der Waals surface area contributed by atoms with Crippen LogP contribution in [-0.2, 0) is 4.79 Å². The van der Waals surface area contributed by atoms with Gasteiger partial charge in [-0.3, -0.25) is 4.79 Å². The molecule has 6 heteroatoms. The molecule has 1 aromatic heterocycles. The molecule has 1 aromatic carbocycles. The standard InChI is InChI=1S/C14H13Cl2N3O/c1-2-13(20)19-12-7-6-9(8-17-12)18-11-5-3-4-10(15)14(11)16/h3-8,18H,2H2,1H3,(H,17,19,20). The molecule has 20 heavy (non-hydrogen) atoms. The predicted octanol–water partition coefficient (Wildman–Crippen LogP) is 4.48. The van der Waals surface area contributed by atoms with E-state index in [1.807, 2.05) is 6.07 Å². The van der Waals surface area contributed by atoms with Crippen LogP contribution in [0, 0.1) is 0 Å². The Morgan fingerprint density at radius 2 is 2.05 bits per heavy atom. The van der Waals surface area contributed by atoms with Crippen molar-refractivity contribution in [2.24, 2.45) is 0 Å². The summed E-state index contributed by atoms with van der Waals surface area (Å²) < 4.78 is 0. The number of anilines is 3. The van der Waals surface area contributed by atoms with Crippen LogP contribution in [0.3, 0.4) is 0 Å². The van der Waals surface area contributed by atoms with E-state index >= 15 is 0 Å². The van der Waals surface area contributed by atoms with Crippen LogP contribution in [0.2, 0.25) is 10.0 Å². The second kappa shape index (κ2) is 6.59. The summed E-state index contributed by atoms with van der Waals surface area (Å²) in [6.45, 7) is 1.78. The molecule has 0 aliphatic rings. The Labute approximate surface area is 127 Å². The summed E-state index contributed by atoms with van der Waals surface area (Å²) in [6.07, 6.45) is 2.03. The van der Waals surface area contributed by atoms with Crippen LogP contribution in [0.1, 0.15) is 13.3 Å². The lowest BCUT2D eigenvalue weighted by Crippen LogP contribution is -2.10. The van der Waals surface area contributed by atoms with Crippen LogP contribution in [0.25, 0.3) is 0 Å². The minimum atomic E-state index is -0.0731. The largest absolute Gasteiger partial charge is 0.353 e. The smallest absolute Gasteiger partial charge is 0.225 e. The summed E-state index contributed by atoms with van der Waals surface area (Å²) in [4.78, 5) is 15.4. The molecule has 0 aliphatic heterocycles. The Kier molecular flexibility index (Phi) is 4.82. The van der Waals surface area contributed by atoms with Gasteiger partial charge in [-0.1, -0.05) is 36.2 Å². The highest BCUT2D eigenvalue weighted by Crippen LogP contribution is 2.31. The molecule has 0 radical (unpaired) electrons. The molecule has 2 N–H and O–H groups in total. The number of nitrogens with one attached hydrogen (secondary N) is 2. The number of rotatable bonds is 4. The fourth-order valence-electron chi connectivity index (χ4n) is 1.53. The monoisotopic (exact) mass is 309 g/mol. The Bertz CT molecular complexity index is 614. The van der Waals surface area contributed by atoms with Crippen LogP contribution in [0.5, 0.6) is 0 Å². The van der Waals surface area contributed by atoms with Crippen molar-refractivity contribution < 1.29 is 4.79 Å². The number of nitrogens with zero attached hydrogens (tertiary/aromatic N) is 1. The molecular weight excluding hydrogens is 297 g/mol. The van der Waals surface area contributed by atoms with Crippen LogP contribution in [0.15, 0.2) is 36.5 Å². The van der Waals surface area contributed by atoms with Crippen molar-refractivity contribution in [1.82, 2.24) is 4.98 Å². The molecule has 0 saturated carbocycles. The molecule has 104 valence electrons. The van der Waals surface area contributed by atoms with Gasteiger partial charge >= 0.3 is 0 Å². The number of hydrogen-bond acceptors (Lipinski definition) is 3. The summed E-state index contributed by atoms with van der Waals surface area (Å²) in [5.41, 5.74) is 1.45. The van der Waals surface area contributed by atoms with Crippen molar-refractivity contribution in [2.45, 2.75) is 13.3 Å². The average molecular weight is 310 g/mol. The van der Waals surface area contributed by atoms with Crippen LogP contribution >= 0.6 is 23.2 Å². The molecule has 1 amide bonds. The first kappa shape index (κ1) is 14.6. The second-order valence-electron chi connectivity index (χ2n) is 4.06. The van der Waals surface area contributed by atoms with E-state index in [2.05, 4.69) is 15.6 Å². The topological polar surface area (TPSA) is 54.0 Å². The molecule has 0 bridgehead atoms. The van der Waals surface area contributed by atoms with Crippen molar-refractivity contribution in [2.75, 3.05) is 10.6 Å². The van der Waals surface area contributed by atoms with Gasteiger partial charge in [0.2, 0.25) is 5.91 Å². The first-order valence-electron chi connectivity index (χ1n) is 6.07. The highest BCUT2D eigenvalue weighted by molar-refractivity contribution is 6.43. The Hall–Kier alpha value is -1.78. The average Bonchev–Trinajstić information content (AvgIpc) is 2.46. The van der Waals surface area contributed by atoms with E-state index in [9.17, 15) is 4.79 Å². The van der Waals surface area contributed by atoms with Gasteiger partial charge in [-0.2, -0.15) is 0 Å². The van der Waals surface area contributed by atoms with Gasteiger partial charge in [0.15, 0.2) is 0 Å². The zero-order chi connectivity index (χ0) is 14.5. The lowest BCUT2D eigenvalue weighted by atomic mass is 10.3. The molecule has 1 heterocycles. The summed E-state index contributed by atoms with van der Waals surface area (Å²) in [7, 11) is 0. The third-order valence-electron chi connectivity index (χ3n) is 2.58. The van der Waals surface area contributed by atoms with Crippen LogP contribution in [-0.4, -0.2) is 10.9 Å². The number of carbonyl (C=O) groups is 1. The Balaban J connectivity index is 2.11. The lowest BCUT2D eigenvalue weighted by molar-refractivity contribution is -0.115. The molecule has 4 nitrogen and oxygen atoms in total. The molecule has 0 aliphatic carbocycles.